The van der Waals surface area contributed by atoms with E-state index >= 15 is 0 Å². The van der Waals surface area contributed by atoms with E-state index in [0.29, 0.717) is 6.54 Å². The molecule has 0 aliphatic heterocycles. The first-order valence-corrected chi connectivity index (χ1v) is 6.60. The van der Waals surface area contributed by atoms with Gasteiger partial charge in [-0.05, 0) is 18.6 Å². The van der Waals surface area contributed by atoms with Crippen molar-refractivity contribution in [1.82, 2.24) is 15.3 Å². The molecule has 1 heterocycles. The number of aromatic nitrogens is 2. The molecule has 2 rings (SSSR count). The number of nitrogens with one attached hydrogen (secondary N) is 2. The number of nitrogens with two attached hydrogens (primary N) is 1. The van der Waals surface area contributed by atoms with E-state index in [0.717, 1.165) is 23.3 Å². The Hall–Kier alpha value is -1.88. The predicted molar refractivity (Wildman–Crippen MR) is 75.5 cm³/mol. The largest absolute Gasteiger partial charge is 0.346 e. The summed E-state index contributed by atoms with van der Waals surface area (Å²) in [5.41, 5.74) is 7.40. The van der Waals surface area contributed by atoms with Crippen LogP contribution in [0.25, 0.3) is 11.0 Å². The van der Waals surface area contributed by atoms with Crippen molar-refractivity contribution in [2.45, 2.75) is 26.3 Å². The Morgan fingerprint density at radius 1 is 1.47 bits per heavy atom. The topological polar surface area (TPSA) is 83.8 Å². The lowest BCUT2D eigenvalue weighted by atomic mass is 10.1. The first-order chi connectivity index (χ1) is 9.15. The monoisotopic (exact) mass is 260 g/mol. The standard InChI is InChI=1S/C14H20N4O/c1-3-10(18-14(19)9(2)8-15)13-16-11-6-4-5-7-12(11)17-13/h4-7,9-10H,3,8,15H2,1-2H3,(H,16,17)(H,18,19). The highest BCUT2D eigenvalue weighted by molar-refractivity contribution is 5.79. The van der Waals surface area contributed by atoms with Gasteiger partial charge in [-0.15, -0.1) is 0 Å². The van der Waals surface area contributed by atoms with E-state index in [-0.39, 0.29) is 17.9 Å². The minimum Gasteiger partial charge on any atom is -0.346 e. The molecular weight excluding hydrogens is 240 g/mol. The number of nitrogens with zero attached hydrogens (tertiary/aromatic N) is 1. The van der Waals surface area contributed by atoms with Gasteiger partial charge in [0.2, 0.25) is 5.91 Å². The number of imidazole rings is 1. The van der Waals surface area contributed by atoms with E-state index in [1.54, 1.807) is 0 Å². The van der Waals surface area contributed by atoms with Crippen LogP contribution in [-0.2, 0) is 4.79 Å². The molecule has 0 saturated carbocycles. The molecule has 5 nitrogen and oxygen atoms in total. The van der Waals surface area contributed by atoms with Crippen molar-refractivity contribution in [2.75, 3.05) is 6.54 Å². The number of carbonyl (C=O) groups is 1. The zero-order valence-corrected chi connectivity index (χ0v) is 11.3. The number of para-hydroxylation sites is 2. The molecule has 0 fully saturated rings. The molecule has 1 aromatic carbocycles. The molecule has 0 spiro atoms. The summed E-state index contributed by atoms with van der Waals surface area (Å²) in [5, 5.41) is 2.98. The van der Waals surface area contributed by atoms with Crippen LogP contribution in [-0.4, -0.2) is 22.4 Å². The van der Waals surface area contributed by atoms with Gasteiger partial charge in [0.15, 0.2) is 0 Å². The molecular formula is C14H20N4O. The van der Waals surface area contributed by atoms with Gasteiger partial charge in [-0.25, -0.2) is 4.98 Å². The van der Waals surface area contributed by atoms with Gasteiger partial charge >= 0.3 is 0 Å². The number of amides is 1. The smallest absolute Gasteiger partial charge is 0.224 e. The maximum absolute atomic E-state index is 11.9. The van der Waals surface area contributed by atoms with Gasteiger partial charge in [0, 0.05) is 12.5 Å². The average Bonchev–Trinajstić information content (AvgIpc) is 2.87. The summed E-state index contributed by atoms with van der Waals surface area (Å²) in [6.45, 7) is 4.19. The Bertz CT molecular complexity index is 530. The minimum absolute atomic E-state index is 0.0326. The highest BCUT2D eigenvalue weighted by atomic mass is 16.1. The Kier molecular flexibility index (Phi) is 4.16. The number of aromatic amines is 1. The third-order valence-corrected chi connectivity index (χ3v) is 3.26. The van der Waals surface area contributed by atoms with Crippen LogP contribution in [0.1, 0.15) is 32.1 Å². The predicted octanol–water partition coefficient (Wildman–Crippen LogP) is 1.72. The lowest BCUT2D eigenvalue weighted by Crippen LogP contribution is -2.36. The summed E-state index contributed by atoms with van der Waals surface area (Å²) in [6.07, 6.45) is 0.781. The Morgan fingerprint density at radius 2 is 2.21 bits per heavy atom. The summed E-state index contributed by atoms with van der Waals surface area (Å²) < 4.78 is 0. The molecule has 2 aromatic rings. The second kappa shape index (κ2) is 5.84. The molecule has 19 heavy (non-hydrogen) atoms. The lowest BCUT2D eigenvalue weighted by Gasteiger charge is -2.17. The second-order valence-corrected chi connectivity index (χ2v) is 4.75. The van der Waals surface area contributed by atoms with Crippen molar-refractivity contribution < 1.29 is 4.79 Å². The average molecular weight is 260 g/mol. The molecule has 0 aliphatic rings. The van der Waals surface area contributed by atoms with E-state index in [2.05, 4.69) is 15.3 Å². The number of fused-ring (bicyclic) bond motifs is 1. The van der Waals surface area contributed by atoms with Gasteiger partial charge in [-0.1, -0.05) is 26.0 Å². The van der Waals surface area contributed by atoms with Gasteiger partial charge in [-0.2, -0.15) is 0 Å². The third kappa shape index (κ3) is 2.93. The highest BCUT2D eigenvalue weighted by Gasteiger charge is 2.19. The number of H-pyrrole nitrogens is 1. The van der Waals surface area contributed by atoms with E-state index < -0.39 is 0 Å². The van der Waals surface area contributed by atoms with Gasteiger partial charge in [0.1, 0.15) is 5.82 Å². The second-order valence-electron chi connectivity index (χ2n) is 4.75. The zero-order valence-electron chi connectivity index (χ0n) is 11.3. The van der Waals surface area contributed by atoms with Crippen molar-refractivity contribution in [3.05, 3.63) is 30.1 Å². The molecule has 1 amide bonds. The molecule has 0 saturated heterocycles. The fourth-order valence-corrected chi connectivity index (χ4v) is 1.92. The highest BCUT2D eigenvalue weighted by Crippen LogP contribution is 2.18. The van der Waals surface area contributed by atoms with Crippen LogP contribution in [0.5, 0.6) is 0 Å². The first-order valence-electron chi connectivity index (χ1n) is 6.60. The zero-order chi connectivity index (χ0) is 13.8. The maximum Gasteiger partial charge on any atom is 0.224 e. The summed E-state index contributed by atoms with van der Waals surface area (Å²) in [5.74, 6) is 0.578. The Balaban J connectivity index is 2.19. The van der Waals surface area contributed by atoms with Crippen LogP contribution in [0.3, 0.4) is 0 Å². The van der Waals surface area contributed by atoms with Crippen molar-refractivity contribution in [1.29, 1.82) is 0 Å². The lowest BCUT2D eigenvalue weighted by molar-refractivity contribution is -0.125. The third-order valence-electron chi connectivity index (χ3n) is 3.26. The molecule has 5 heteroatoms. The molecule has 2 atom stereocenters. The SMILES string of the molecule is CCC(NC(=O)C(C)CN)c1nc2ccccc2[nH]1. The quantitative estimate of drug-likeness (QED) is 0.765. The van der Waals surface area contributed by atoms with Crippen molar-refractivity contribution >= 4 is 16.9 Å². The number of hydrogen-bond donors (Lipinski definition) is 3. The van der Waals surface area contributed by atoms with Crippen LogP contribution < -0.4 is 11.1 Å². The summed E-state index contributed by atoms with van der Waals surface area (Å²) in [7, 11) is 0. The van der Waals surface area contributed by atoms with E-state index in [1.165, 1.54) is 0 Å². The number of rotatable bonds is 5. The molecule has 2 unspecified atom stereocenters. The van der Waals surface area contributed by atoms with Gasteiger partial charge in [0.05, 0.1) is 17.1 Å². The van der Waals surface area contributed by atoms with Crippen LogP contribution in [0, 0.1) is 5.92 Å². The van der Waals surface area contributed by atoms with Gasteiger partial charge in [-0.3, -0.25) is 4.79 Å². The number of benzene rings is 1. The Morgan fingerprint density at radius 3 is 2.84 bits per heavy atom. The van der Waals surface area contributed by atoms with Crippen LogP contribution in [0.4, 0.5) is 0 Å². The van der Waals surface area contributed by atoms with E-state index in [4.69, 9.17) is 5.73 Å². The summed E-state index contributed by atoms with van der Waals surface area (Å²) in [6, 6.07) is 7.73. The van der Waals surface area contributed by atoms with Gasteiger partial charge in [0.25, 0.3) is 0 Å². The maximum atomic E-state index is 11.9. The molecule has 0 radical (unpaired) electrons. The molecule has 0 aliphatic carbocycles. The van der Waals surface area contributed by atoms with Crippen molar-refractivity contribution in [3.8, 4) is 0 Å². The van der Waals surface area contributed by atoms with Crippen molar-refractivity contribution in [2.24, 2.45) is 11.7 Å². The molecule has 1 aromatic heterocycles. The normalized spacial score (nSPS) is 14.3. The fraction of sp³-hybridized carbons (Fsp3) is 0.429. The molecule has 4 N–H and O–H groups in total. The van der Waals surface area contributed by atoms with Crippen LogP contribution >= 0.6 is 0 Å². The number of carbonyl (C=O) groups excluding carboxylic acids is 1. The Labute approximate surface area is 112 Å². The number of hydrogen-bond acceptors (Lipinski definition) is 3. The molecule has 0 bridgehead atoms. The van der Waals surface area contributed by atoms with Crippen LogP contribution in [0.15, 0.2) is 24.3 Å². The molecule has 102 valence electrons. The van der Waals surface area contributed by atoms with Crippen molar-refractivity contribution in [3.63, 3.8) is 0 Å². The summed E-state index contributed by atoms with van der Waals surface area (Å²) in [4.78, 5) is 19.7. The van der Waals surface area contributed by atoms with Crippen LogP contribution in [0.2, 0.25) is 0 Å². The van der Waals surface area contributed by atoms with E-state index in [1.807, 2.05) is 38.1 Å². The fourth-order valence-electron chi connectivity index (χ4n) is 1.92. The minimum atomic E-state index is -0.182. The van der Waals surface area contributed by atoms with Gasteiger partial charge < -0.3 is 16.0 Å². The first kappa shape index (κ1) is 13.5. The summed E-state index contributed by atoms with van der Waals surface area (Å²) >= 11 is 0. The van der Waals surface area contributed by atoms with E-state index in [9.17, 15) is 4.79 Å².